The first-order chi connectivity index (χ1) is 21.5. The number of methoxy groups -OCH3 is 1. The van der Waals surface area contributed by atoms with Crippen LogP contribution in [0.2, 0.25) is 0 Å². The van der Waals surface area contributed by atoms with Gasteiger partial charge in [-0.05, 0) is 36.5 Å². The monoisotopic (exact) mass is 656 g/mol. The van der Waals surface area contributed by atoms with E-state index in [4.69, 9.17) is 9.72 Å². The van der Waals surface area contributed by atoms with E-state index in [0.29, 0.717) is 18.7 Å². The first-order valence-electron chi connectivity index (χ1n) is 15.6. The zero-order valence-corrected chi connectivity index (χ0v) is 26.9. The lowest BCUT2D eigenvalue weighted by molar-refractivity contribution is -0.0893. The van der Waals surface area contributed by atoms with Crippen LogP contribution >= 0.6 is 15.9 Å². The number of carbonyl (C=O) groups is 1. The van der Waals surface area contributed by atoms with E-state index in [1.54, 1.807) is 13.4 Å². The van der Waals surface area contributed by atoms with Gasteiger partial charge in [0, 0.05) is 49.4 Å². The van der Waals surface area contributed by atoms with Gasteiger partial charge in [0.1, 0.15) is 5.60 Å². The van der Waals surface area contributed by atoms with E-state index in [1.165, 1.54) is 11.1 Å². The summed E-state index contributed by atoms with van der Waals surface area (Å²) in [4.78, 5) is 24.0. The lowest BCUT2D eigenvalue weighted by Crippen LogP contribution is -2.55. The number of aromatic nitrogens is 2. The molecule has 0 spiro atoms. The van der Waals surface area contributed by atoms with E-state index < -0.39 is 5.60 Å². The molecule has 1 aromatic heterocycles. The van der Waals surface area contributed by atoms with Crippen LogP contribution in [0.15, 0.2) is 95.7 Å². The SMILES string of the molecule is COC[C@]1(O)CCCC[C@H]1n1cnc(C(=O)N2CCN(Cc3ccccc3)C[C@H]2Cc2ccccc2Br)c1-c1ccccc1. The maximum atomic E-state index is 14.7. The number of ether oxygens (including phenoxy) is 1. The summed E-state index contributed by atoms with van der Waals surface area (Å²) in [5, 5.41) is 11.8. The number of aliphatic hydroxyl groups is 1. The van der Waals surface area contributed by atoms with Crippen LogP contribution in [0, 0.1) is 0 Å². The molecule has 2 aliphatic rings. The van der Waals surface area contributed by atoms with Crippen LogP contribution < -0.4 is 0 Å². The Balaban J connectivity index is 1.36. The van der Waals surface area contributed by atoms with Crippen LogP contribution in [0.4, 0.5) is 0 Å². The minimum absolute atomic E-state index is 0.0347. The quantitative estimate of drug-likeness (QED) is 0.227. The number of imidazole rings is 1. The number of piperazine rings is 1. The van der Waals surface area contributed by atoms with Crippen molar-refractivity contribution in [2.45, 2.75) is 56.3 Å². The number of benzene rings is 3. The maximum Gasteiger partial charge on any atom is 0.275 e. The summed E-state index contributed by atoms with van der Waals surface area (Å²) in [5.41, 5.74) is 3.55. The highest BCUT2D eigenvalue weighted by atomic mass is 79.9. The predicted molar refractivity (Wildman–Crippen MR) is 176 cm³/mol. The molecule has 1 saturated heterocycles. The van der Waals surface area contributed by atoms with E-state index in [9.17, 15) is 9.90 Å². The molecule has 1 amide bonds. The lowest BCUT2D eigenvalue weighted by atomic mass is 9.80. The van der Waals surface area contributed by atoms with Crippen molar-refractivity contribution in [3.63, 3.8) is 0 Å². The molecule has 4 aromatic rings. The molecule has 1 aliphatic heterocycles. The Morgan fingerprint density at radius 1 is 1.00 bits per heavy atom. The van der Waals surface area contributed by atoms with Gasteiger partial charge in [0.25, 0.3) is 5.91 Å². The van der Waals surface area contributed by atoms with Gasteiger partial charge in [-0.15, -0.1) is 0 Å². The average Bonchev–Trinajstić information content (AvgIpc) is 3.48. The fourth-order valence-electron chi connectivity index (χ4n) is 7.06. The number of hydrogen-bond acceptors (Lipinski definition) is 5. The molecule has 3 aromatic carbocycles. The third kappa shape index (κ3) is 6.54. The van der Waals surface area contributed by atoms with Gasteiger partial charge < -0.3 is 19.3 Å². The third-order valence-electron chi connectivity index (χ3n) is 9.22. The van der Waals surface area contributed by atoms with E-state index in [-0.39, 0.29) is 24.6 Å². The van der Waals surface area contributed by atoms with Gasteiger partial charge in [-0.1, -0.05) is 108 Å². The van der Waals surface area contributed by atoms with E-state index in [1.807, 2.05) is 47.4 Å². The van der Waals surface area contributed by atoms with Crippen molar-refractivity contribution >= 4 is 21.8 Å². The molecular formula is C36H41BrN4O3. The van der Waals surface area contributed by atoms with Gasteiger partial charge in [-0.2, -0.15) is 0 Å². The highest BCUT2D eigenvalue weighted by molar-refractivity contribution is 9.10. The summed E-state index contributed by atoms with van der Waals surface area (Å²) in [6.07, 6.45) is 5.90. The van der Waals surface area contributed by atoms with Gasteiger partial charge in [0.15, 0.2) is 5.69 Å². The minimum Gasteiger partial charge on any atom is -0.385 e. The first-order valence-corrected chi connectivity index (χ1v) is 16.4. The molecule has 6 rings (SSSR count). The van der Waals surface area contributed by atoms with Crippen LogP contribution in [-0.4, -0.2) is 75.4 Å². The third-order valence-corrected chi connectivity index (χ3v) is 9.99. The molecule has 0 bridgehead atoms. The number of rotatable bonds is 9. The van der Waals surface area contributed by atoms with Crippen molar-refractivity contribution in [1.29, 1.82) is 0 Å². The molecule has 230 valence electrons. The molecule has 1 N–H and O–H groups in total. The van der Waals surface area contributed by atoms with Gasteiger partial charge in [0.05, 0.1) is 24.7 Å². The van der Waals surface area contributed by atoms with Crippen LogP contribution in [0.3, 0.4) is 0 Å². The summed E-state index contributed by atoms with van der Waals surface area (Å²) < 4.78 is 8.60. The summed E-state index contributed by atoms with van der Waals surface area (Å²) in [6, 6.07) is 28.5. The number of amides is 1. The fourth-order valence-corrected chi connectivity index (χ4v) is 7.50. The Kier molecular flexibility index (Phi) is 9.62. The van der Waals surface area contributed by atoms with Gasteiger partial charge in [-0.25, -0.2) is 4.98 Å². The average molecular weight is 658 g/mol. The zero-order valence-electron chi connectivity index (χ0n) is 25.3. The Hall–Kier alpha value is -3.30. The topological polar surface area (TPSA) is 70.8 Å². The van der Waals surface area contributed by atoms with Crippen LogP contribution in [0.5, 0.6) is 0 Å². The molecule has 7 nitrogen and oxygen atoms in total. The highest BCUT2D eigenvalue weighted by Gasteiger charge is 2.42. The van der Waals surface area contributed by atoms with Crippen molar-refractivity contribution in [2.24, 2.45) is 0 Å². The maximum absolute atomic E-state index is 14.7. The Labute approximate surface area is 268 Å². The van der Waals surface area contributed by atoms with Crippen molar-refractivity contribution < 1.29 is 14.6 Å². The molecule has 1 aliphatic carbocycles. The Morgan fingerprint density at radius 3 is 2.48 bits per heavy atom. The van der Waals surface area contributed by atoms with Crippen LogP contribution in [0.25, 0.3) is 11.3 Å². The lowest BCUT2D eigenvalue weighted by Gasteiger charge is -2.42. The van der Waals surface area contributed by atoms with Crippen LogP contribution in [0.1, 0.15) is 53.3 Å². The molecule has 2 heterocycles. The number of hydrogen-bond donors (Lipinski definition) is 1. The highest BCUT2D eigenvalue weighted by Crippen LogP contribution is 2.41. The molecule has 2 fully saturated rings. The van der Waals surface area contributed by atoms with E-state index in [0.717, 1.165) is 61.0 Å². The van der Waals surface area contributed by atoms with Gasteiger partial charge in [0.2, 0.25) is 0 Å². The largest absolute Gasteiger partial charge is 0.385 e. The summed E-state index contributed by atoms with van der Waals surface area (Å²) in [5.74, 6) is -0.0647. The minimum atomic E-state index is -1.03. The summed E-state index contributed by atoms with van der Waals surface area (Å²) >= 11 is 3.74. The van der Waals surface area contributed by atoms with E-state index in [2.05, 4.69) is 67.9 Å². The second-order valence-electron chi connectivity index (χ2n) is 12.2. The van der Waals surface area contributed by atoms with E-state index >= 15 is 0 Å². The second-order valence-corrected chi connectivity index (χ2v) is 13.0. The molecule has 1 saturated carbocycles. The van der Waals surface area contributed by atoms with Crippen LogP contribution in [-0.2, 0) is 17.7 Å². The summed E-state index contributed by atoms with van der Waals surface area (Å²) in [7, 11) is 1.63. The smallest absolute Gasteiger partial charge is 0.275 e. The zero-order chi connectivity index (χ0) is 30.5. The number of carbonyl (C=O) groups excluding carboxylic acids is 1. The molecule has 8 heteroatoms. The molecule has 44 heavy (non-hydrogen) atoms. The van der Waals surface area contributed by atoms with Gasteiger partial charge >= 0.3 is 0 Å². The first kappa shape index (κ1) is 30.7. The Morgan fingerprint density at radius 2 is 1.73 bits per heavy atom. The normalized spacial score (nSPS) is 22.7. The number of nitrogens with zero attached hydrogens (tertiary/aromatic N) is 4. The summed E-state index contributed by atoms with van der Waals surface area (Å²) in [6.45, 7) is 3.24. The molecular weight excluding hydrogens is 616 g/mol. The number of halogens is 1. The van der Waals surface area contributed by atoms with Crippen molar-refractivity contribution in [3.8, 4) is 11.3 Å². The van der Waals surface area contributed by atoms with Gasteiger partial charge in [-0.3, -0.25) is 9.69 Å². The second kappa shape index (κ2) is 13.8. The van der Waals surface area contributed by atoms with Crippen molar-refractivity contribution in [3.05, 3.63) is 113 Å². The molecule has 0 unspecified atom stereocenters. The van der Waals surface area contributed by atoms with Crippen molar-refractivity contribution in [2.75, 3.05) is 33.4 Å². The molecule has 0 radical (unpaired) electrons. The molecule has 3 atom stereocenters. The van der Waals surface area contributed by atoms with Crippen molar-refractivity contribution in [1.82, 2.24) is 19.4 Å². The predicted octanol–water partition coefficient (Wildman–Crippen LogP) is 6.37. The standard InChI is InChI=1S/C36H41BrN4O3/c1-44-25-36(43)19-11-10-18-32(36)41-26-38-33(34(41)28-14-6-3-7-15-28)35(42)40-21-20-39(23-27-12-4-2-5-13-27)24-30(40)22-29-16-8-9-17-31(29)37/h2-9,12-17,26,30,32,43H,10-11,18-25H2,1H3/t30-,32-,36-/m1/s1. The Bertz CT molecular complexity index is 1540. The fraction of sp³-hybridized carbons (Fsp3) is 0.389.